The van der Waals surface area contributed by atoms with Crippen LogP contribution >= 0.6 is 0 Å². The average Bonchev–Trinajstić information content (AvgIpc) is 2.34. The molecule has 0 N–H and O–H groups in total. The van der Waals surface area contributed by atoms with Gasteiger partial charge in [-0.05, 0) is 18.6 Å². The zero-order valence-corrected chi connectivity index (χ0v) is 10.3. The summed E-state index contributed by atoms with van der Waals surface area (Å²) < 4.78 is 18.8. The maximum Gasteiger partial charge on any atom is 0.142 e. The molecule has 0 saturated carbocycles. The molecule has 0 fully saturated rings. The van der Waals surface area contributed by atoms with E-state index in [1.165, 1.54) is 31.7 Å². The van der Waals surface area contributed by atoms with Crippen molar-refractivity contribution in [1.82, 2.24) is 0 Å². The molecule has 1 rings (SSSR count). The molecule has 0 aliphatic heterocycles. The van der Waals surface area contributed by atoms with E-state index in [9.17, 15) is 4.39 Å². The van der Waals surface area contributed by atoms with Crippen molar-refractivity contribution >= 4 is 0 Å². The van der Waals surface area contributed by atoms with Gasteiger partial charge in [0.2, 0.25) is 0 Å². The molecule has 1 aromatic rings. The first-order valence-electron chi connectivity index (χ1n) is 6.17. The average molecular weight is 234 g/mol. The Morgan fingerprint density at radius 2 is 2.00 bits per heavy atom. The van der Waals surface area contributed by atoms with Gasteiger partial charge in [0.1, 0.15) is 11.6 Å². The molecule has 0 aliphatic rings. The van der Waals surface area contributed by atoms with E-state index in [1.807, 2.05) is 0 Å². The minimum Gasteiger partial charge on any atom is -0.493 e. The van der Waals surface area contributed by atoms with Crippen molar-refractivity contribution in [2.75, 3.05) is 6.61 Å². The van der Waals surface area contributed by atoms with Crippen molar-refractivity contribution in [2.24, 2.45) is 0 Å². The fourth-order valence-corrected chi connectivity index (χ4v) is 1.60. The second kappa shape index (κ2) is 7.73. The van der Waals surface area contributed by atoms with Gasteiger partial charge in [0.15, 0.2) is 0 Å². The van der Waals surface area contributed by atoms with Gasteiger partial charge in [-0.3, -0.25) is 0 Å². The van der Waals surface area contributed by atoms with E-state index in [0.29, 0.717) is 12.4 Å². The van der Waals surface area contributed by atoms with E-state index in [-0.39, 0.29) is 5.56 Å². The molecular formula is C15H19FO. The first-order chi connectivity index (χ1) is 8.27. The quantitative estimate of drug-likeness (QED) is 0.508. The molecule has 0 atom stereocenters. The molecule has 92 valence electrons. The molecule has 1 aromatic carbocycles. The molecule has 1 nitrogen and oxygen atoms in total. The third-order valence-electron chi connectivity index (χ3n) is 2.61. The fourth-order valence-electron chi connectivity index (χ4n) is 1.60. The van der Waals surface area contributed by atoms with Crippen molar-refractivity contribution in [3.8, 4) is 18.1 Å². The number of ether oxygens (including phenoxy) is 1. The number of halogens is 1. The van der Waals surface area contributed by atoms with Crippen molar-refractivity contribution in [1.29, 1.82) is 0 Å². The van der Waals surface area contributed by atoms with Gasteiger partial charge in [0, 0.05) is 6.07 Å². The zero-order valence-electron chi connectivity index (χ0n) is 10.3. The smallest absolute Gasteiger partial charge is 0.142 e. The maximum atomic E-state index is 13.3. The van der Waals surface area contributed by atoms with Crippen LogP contribution in [0.3, 0.4) is 0 Å². The summed E-state index contributed by atoms with van der Waals surface area (Å²) in [5.41, 5.74) is 0.278. The Bertz CT molecular complexity index is 379. The summed E-state index contributed by atoms with van der Waals surface area (Å²) in [6.07, 6.45) is 11.1. The van der Waals surface area contributed by atoms with Crippen LogP contribution in [0.25, 0.3) is 0 Å². The standard InChI is InChI=1S/C15H19FO/c1-3-5-6-7-8-11-17-14-10-9-13(4-2)15(16)12-14/h2,9-10,12H,3,5-8,11H2,1H3. The molecule has 0 saturated heterocycles. The van der Waals surface area contributed by atoms with Gasteiger partial charge < -0.3 is 4.74 Å². The van der Waals surface area contributed by atoms with Crippen LogP contribution in [0.2, 0.25) is 0 Å². The summed E-state index contributed by atoms with van der Waals surface area (Å²) in [4.78, 5) is 0. The lowest BCUT2D eigenvalue weighted by Gasteiger charge is -2.06. The van der Waals surface area contributed by atoms with E-state index in [1.54, 1.807) is 12.1 Å². The molecule has 2 heteroatoms. The van der Waals surface area contributed by atoms with Crippen LogP contribution in [0.4, 0.5) is 4.39 Å². The van der Waals surface area contributed by atoms with Crippen LogP contribution in [0.15, 0.2) is 18.2 Å². The van der Waals surface area contributed by atoms with Gasteiger partial charge in [0.05, 0.1) is 12.2 Å². The van der Waals surface area contributed by atoms with Gasteiger partial charge in [-0.25, -0.2) is 4.39 Å². The highest BCUT2D eigenvalue weighted by Crippen LogP contribution is 2.16. The number of hydrogen-bond donors (Lipinski definition) is 0. The van der Waals surface area contributed by atoms with E-state index in [0.717, 1.165) is 6.42 Å². The summed E-state index contributed by atoms with van der Waals surface area (Å²) >= 11 is 0. The van der Waals surface area contributed by atoms with Crippen LogP contribution < -0.4 is 4.74 Å². The highest BCUT2D eigenvalue weighted by Gasteiger charge is 2.01. The normalized spacial score (nSPS) is 9.94. The molecule has 17 heavy (non-hydrogen) atoms. The maximum absolute atomic E-state index is 13.3. The summed E-state index contributed by atoms with van der Waals surface area (Å²) in [6.45, 7) is 2.82. The number of unbranched alkanes of at least 4 members (excludes halogenated alkanes) is 4. The summed E-state index contributed by atoms with van der Waals surface area (Å²) in [5.74, 6) is 2.44. The van der Waals surface area contributed by atoms with E-state index in [4.69, 9.17) is 11.2 Å². The van der Waals surface area contributed by atoms with Gasteiger partial charge in [-0.2, -0.15) is 0 Å². The van der Waals surface area contributed by atoms with Gasteiger partial charge >= 0.3 is 0 Å². The molecule has 0 spiro atoms. The van der Waals surface area contributed by atoms with E-state index < -0.39 is 5.82 Å². The zero-order chi connectivity index (χ0) is 12.5. The summed E-state index contributed by atoms with van der Waals surface area (Å²) in [7, 11) is 0. The van der Waals surface area contributed by atoms with Crippen molar-refractivity contribution in [2.45, 2.75) is 39.0 Å². The lowest BCUT2D eigenvalue weighted by Crippen LogP contribution is -1.98. The lowest BCUT2D eigenvalue weighted by atomic mass is 10.2. The first-order valence-corrected chi connectivity index (χ1v) is 6.17. The number of hydrogen-bond acceptors (Lipinski definition) is 1. The van der Waals surface area contributed by atoms with Gasteiger partial charge in [-0.1, -0.05) is 38.5 Å². The number of terminal acetylenes is 1. The molecule has 0 unspecified atom stereocenters. The minimum absolute atomic E-state index is 0.278. The molecule has 0 aliphatic carbocycles. The summed E-state index contributed by atoms with van der Waals surface area (Å²) in [5, 5.41) is 0. The van der Waals surface area contributed by atoms with Crippen molar-refractivity contribution in [3.05, 3.63) is 29.6 Å². The topological polar surface area (TPSA) is 9.23 Å². The molecule has 0 bridgehead atoms. The Kier molecular flexibility index (Phi) is 6.17. The second-order valence-electron chi connectivity index (χ2n) is 4.05. The Hall–Kier alpha value is -1.49. The van der Waals surface area contributed by atoms with E-state index in [2.05, 4.69) is 12.8 Å². The SMILES string of the molecule is C#Cc1ccc(OCCCCCCC)cc1F. The predicted molar refractivity (Wildman–Crippen MR) is 68.6 cm³/mol. The second-order valence-corrected chi connectivity index (χ2v) is 4.05. The van der Waals surface area contributed by atoms with Gasteiger partial charge in [-0.15, -0.1) is 6.42 Å². The molecule has 0 heterocycles. The minimum atomic E-state index is -0.393. The van der Waals surface area contributed by atoms with Gasteiger partial charge in [0.25, 0.3) is 0 Å². The number of rotatable bonds is 7. The predicted octanol–water partition coefficient (Wildman–Crippen LogP) is 4.16. The monoisotopic (exact) mass is 234 g/mol. The summed E-state index contributed by atoms with van der Waals surface area (Å²) in [6, 6.07) is 4.63. The molecular weight excluding hydrogens is 215 g/mol. The largest absolute Gasteiger partial charge is 0.493 e. The van der Waals surface area contributed by atoms with Crippen LogP contribution in [0.1, 0.15) is 44.6 Å². The highest BCUT2D eigenvalue weighted by atomic mass is 19.1. The third kappa shape index (κ3) is 4.91. The Morgan fingerprint density at radius 1 is 1.24 bits per heavy atom. The first kappa shape index (κ1) is 13.6. The fraction of sp³-hybridized carbons (Fsp3) is 0.467. The molecule has 0 aromatic heterocycles. The Morgan fingerprint density at radius 3 is 2.65 bits per heavy atom. The van der Waals surface area contributed by atoms with Crippen LogP contribution in [-0.2, 0) is 0 Å². The van der Waals surface area contributed by atoms with Crippen LogP contribution in [0.5, 0.6) is 5.75 Å². The molecule has 0 amide bonds. The van der Waals surface area contributed by atoms with Crippen LogP contribution in [-0.4, -0.2) is 6.61 Å². The van der Waals surface area contributed by atoms with E-state index >= 15 is 0 Å². The van der Waals surface area contributed by atoms with Crippen LogP contribution in [0, 0.1) is 18.2 Å². The lowest BCUT2D eigenvalue weighted by molar-refractivity contribution is 0.303. The third-order valence-corrected chi connectivity index (χ3v) is 2.61. The molecule has 0 radical (unpaired) electrons. The highest BCUT2D eigenvalue weighted by molar-refractivity contribution is 5.38. The van der Waals surface area contributed by atoms with Crippen molar-refractivity contribution < 1.29 is 9.13 Å². The number of benzene rings is 1. The Balaban J connectivity index is 2.28. The Labute approximate surface area is 103 Å². The van der Waals surface area contributed by atoms with Crippen molar-refractivity contribution in [3.63, 3.8) is 0 Å².